The lowest BCUT2D eigenvalue weighted by Crippen LogP contribution is -2.20. The molecule has 0 N–H and O–H groups in total. The molecule has 1 aromatic carbocycles. The van der Waals surface area contributed by atoms with Gasteiger partial charge in [-0.05, 0) is 17.7 Å². The summed E-state index contributed by atoms with van der Waals surface area (Å²) < 4.78 is 29.6. The number of methoxy groups -OCH3 is 1. The quantitative estimate of drug-likeness (QED) is 0.837. The molecule has 4 nitrogen and oxygen atoms in total. The highest BCUT2D eigenvalue weighted by Crippen LogP contribution is 2.62. The first-order valence-corrected chi connectivity index (χ1v) is 8.39. The summed E-state index contributed by atoms with van der Waals surface area (Å²) >= 11 is 5.85. The predicted molar refractivity (Wildman–Crippen MR) is 77.4 cm³/mol. The molecule has 1 fully saturated rings. The summed E-state index contributed by atoms with van der Waals surface area (Å²) in [5.74, 6) is -0.329. The number of benzene rings is 1. The Morgan fingerprint density at radius 2 is 2.00 bits per heavy atom. The van der Waals surface area contributed by atoms with E-state index >= 15 is 0 Å². The fourth-order valence-electron chi connectivity index (χ4n) is 2.83. The van der Waals surface area contributed by atoms with Gasteiger partial charge in [-0.3, -0.25) is 0 Å². The van der Waals surface area contributed by atoms with E-state index in [1.54, 1.807) is 31.2 Å². The largest absolute Gasteiger partial charge is 0.383 e. The molecule has 1 aromatic rings. The fraction of sp³-hybridized carbons (Fsp3) is 0.500. The Balaban J connectivity index is 2.45. The summed E-state index contributed by atoms with van der Waals surface area (Å²) in [7, 11) is -1.83. The number of halogens is 1. The van der Waals surface area contributed by atoms with Gasteiger partial charge in [0.1, 0.15) is 5.41 Å². The van der Waals surface area contributed by atoms with Crippen LogP contribution in [0, 0.1) is 16.7 Å². The molecule has 0 unspecified atom stereocenters. The van der Waals surface area contributed by atoms with Gasteiger partial charge >= 0.3 is 0 Å². The molecule has 108 valence electrons. The van der Waals surface area contributed by atoms with E-state index in [4.69, 9.17) is 16.3 Å². The van der Waals surface area contributed by atoms with Crippen molar-refractivity contribution >= 4 is 21.4 Å². The lowest BCUT2D eigenvalue weighted by Gasteiger charge is -2.07. The van der Waals surface area contributed by atoms with E-state index in [-0.39, 0.29) is 18.3 Å². The minimum atomic E-state index is -3.31. The van der Waals surface area contributed by atoms with E-state index in [0.29, 0.717) is 5.02 Å². The van der Waals surface area contributed by atoms with Crippen LogP contribution >= 0.6 is 11.6 Å². The van der Waals surface area contributed by atoms with Crippen LogP contribution in [-0.4, -0.2) is 33.1 Å². The number of nitrogens with zero attached hydrogens (tertiary/aromatic N) is 1. The van der Waals surface area contributed by atoms with E-state index in [9.17, 15) is 13.7 Å². The molecule has 2 rings (SSSR count). The number of rotatable bonds is 5. The Labute approximate surface area is 124 Å². The normalized spacial score (nSPS) is 28.9. The summed E-state index contributed by atoms with van der Waals surface area (Å²) in [4.78, 5) is 0. The topological polar surface area (TPSA) is 67.2 Å². The van der Waals surface area contributed by atoms with Crippen molar-refractivity contribution in [3.8, 4) is 6.07 Å². The van der Waals surface area contributed by atoms with Crippen molar-refractivity contribution in [1.82, 2.24) is 0 Å². The van der Waals surface area contributed by atoms with Gasteiger partial charge in [0, 0.05) is 23.8 Å². The minimum absolute atomic E-state index is 0.0227. The second-order valence-electron chi connectivity index (χ2n) is 4.99. The first-order chi connectivity index (χ1) is 9.43. The predicted octanol–water partition coefficient (Wildman–Crippen LogP) is 2.40. The maximum absolute atomic E-state index is 12.2. The van der Waals surface area contributed by atoms with Crippen LogP contribution in [0.4, 0.5) is 0 Å². The highest BCUT2D eigenvalue weighted by molar-refractivity contribution is 7.92. The Bertz CT molecular complexity index is 635. The zero-order chi connectivity index (χ0) is 15.0. The van der Waals surface area contributed by atoms with E-state index in [2.05, 4.69) is 6.07 Å². The highest BCUT2D eigenvalue weighted by atomic mass is 35.5. The zero-order valence-electron chi connectivity index (χ0n) is 11.3. The Morgan fingerprint density at radius 3 is 2.45 bits per heavy atom. The molecule has 0 radical (unpaired) electrons. The van der Waals surface area contributed by atoms with Crippen LogP contribution in [0.5, 0.6) is 0 Å². The number of nitriles is 1. The third kappa shape index (κ3) is 2.32. The smallest absolute Gasteiger partial charge is 0.155 e. The number of hydrogen-bond donors (Lipinski definition) is 0. The number of ether oxygens (including phenoxy) is 1. The lowest BCUT2D eigenvalue weighted by molar-refractivity contribution is 0.162. The summed E-state index contributed by atoms with van der Waals surface area (Å²) in [6.45, 7) is 1.71. The molecule has 1 aliphatic carbocycles. The fourth-order valence-corrected chi connectivity index (χ4v) is 4.96. The van der Waals surface area contributed by atoms with Crippen molar-refractivity contribution in [1.29, 1.82) is 5.26 Å². The summed E-state index contributed by atoms with van der Waals surface area (Å²) in [6.07, 6.45) is 0. The molecule has 6 heteroatoms. The van der Waals surface area contributed by atoms with Gasteiger partial charge in [0.15, 0.2) is 9.84 Å². The van der Waals surface area contributed by atoms with Gasteiger partial charge in [-0.15, -0.1) is 0 Å². The van der Waals surface area contributed by atoms with Crippen LogP contribution in [0.25, 0.3) is 0 Å². The van der Waals surface area contributed by atoms with Crippen molar-refractivity contribution in [2.45, 2.75) is 18.1 Å². The number of sulfone groups is 1. The van der Waals surface area contributed by atoms with Gasteiger partial charge in [-0.1, -0.05) is 30.7 Å². The Kier molecular flexibility index (Phi) is 4.10. The molecule has 0 amide bonds. The van der Waals surface area contributed by atoms with Gasteiger partial charge < -0.3 is 4.74 Å². The molecule has 0 aliphatic heterocycles. The monoisotopic (exact) mass is 313 g/mol. The second-order valence-corrected chi connectivity index (χ2v) is 7.83. The standard InChI is InChI=1S/C14H16ClNO3S/c1-3-20(17,18)13-12(14(13,8-16)9-19-2)10-4-6-11(15)7-5-10/h4-7,12-13H,3,9H2,1-2H3/t12-,13+,14-/m1/s1. The Hall–Kier alpha value is -1.09. The van der Waals surface area contributed by atoms with Gasteiger partial charge in [-0.25, -0.2) is 8.42 Å². The van der Waals surface area contributed by atoms with Crippen LogP contribution in [0.1, 0.15) is 18.4 Å². The summed E-state index contributed by atoms with van der Waals surface area (Å²) in [5.41, 5.74) is -0.174. The molecule has 0 aromatic heterocycles. The average molecular weight is 314 g/mol. The molecule has 0 heterocycles. The van der Waals surface area contributed by atoms with Gasteiger partial charge in [0.25, 0.3) is 0 Å². The van der Waals surface area contributed by atoms with Crippen LogP contribution in [-0.2, 0) is 14.6 Å². The molecule has 0 bridgehead atoms. The van der Waals surface area contributed by atoms with Crippen LogP contribution in [0.2, 0.25) is 5.02 Å². The molecule has 3 atom stereocenters. The number of hydrogen-bond acceptors (Lipinski definition) is 4. The van der Waals surface area contributed by atoms with Crippen molar-refractivity contribution in [2.75, 3.05) is 19.5 Å². The molecule has 20 heavy (non-hydrogen) atoms. The van der Waals surface area contributed by atoms with Crippen molar-refractivity contribution in [2.24, 2.45) is 5.41 Å². The maximum atomic E-state index is 12.2. The van der Waals surface area contributed by atoms with E-state index in [0.717, 1.165) is 5.56 Å². The zero-order valence-corrected chi connectivity index (χ0v) is 12.9. The van der Waals surface area contributed by atoms with Crippen LogP contribution in [0.15, 0.2) is 24.3 Å². The second kappa shape index (κ2) is 5.36. The molecule has 1 aliphatic rings. The van der Waals surface area contributed by atoms with Crippen molar-refractivity contribution in [3.63, 3.8) is 0 Å². The minimum Gasteiger partial charge on any atom is -0.383 e. The molecule has 1 saturated carbocycles. The maximum Gasteiger partial charge on any atom is 0.155 e. The average Bonchev–Trinajstić information content (AvgIpc) is 3.10. The molecule has 0 spiro atoms. The van der Waals surface area contributed by atoms with Crippen molar-refractivity contribution < 1.29 is 13.2 Å². The molecular weight excluding hydrogens is 298 g/mol. The van der Waals surface area contributed by atoms with Crippen LogP contribution in [0.3, 0.4) is 0 Å². The van der Waals surface area contributed by atoms with E-state index in [1.807, 2.05) is 0 Å². The summed E-state index contributed by atoms with van der Waals surface area (Å²) in [6, 6.07) is 9.14. The third-order valence-corrected chi connectivity index (χ3v) is 6.39. The highest BCUT2D eigenvalue weighted by Gasteiger charge is 2.71. The first-order valence-electron chi connectivity index (χ1n) is 6.30. The Morgan fingerprint density at radius 1 is 1.40 bits per heavy atom. The lowest BCUT2D eigenvalue weighted by atomic mass is 10.0. The van der Waals surface area contributed by atoms with Crippen LogP contribution < -0.4 is 0 Å². The molecular formula is C14H16ClNO3S. The molecule has 0 saturated heterocycles. The first kappa shape index (κ1) is 15.3. The van der Waals surface area contributed by atoms with Crippen molar-refractivity contribution in [3.05, 3.63) is 34.9 Å². The SMILES string of the molecule is CCS(=O)(=O)[C@H]1[C@@H](c2ccc(Cl)cc2)[C@@]1(C#N)COC. The van der Waals surface area contributed by atoms with Gasteiger partial charge in [0.2, 0.25) is 0 Å². The van der Waals surface area contributed by atoms with Gasteiger partial charge in [0.05, 0.1) is 17.9 Å². The van der Waals surface area contributed by atoms with E-state index in [1.165, 1.54) is 7.11 Å². The summed E-state index contributed by atoms with van der Waals surface area (Å²) in [5, 5.41) is 9.36. The van der Waals surface area contributed by atoms with Gasteiger partial charge in [-0.2, -0.15) is 5.26 Å². The third-order valence-electron chi connectivity index (χ3n) is 3.87. The van der Waals surface area contributed by atoms with E-state index < -0.39 is 20.5 Å².